The highest BCUT2D eigenvalue weighted by Crippen LogP contribution is 2.33. The number of aromatic nitrogens is 1. The first-order valence-electron chi connectivity index (χ1n) is 7.87. The van der Waals surface area contributed by atoms with Crippen molar-refractivity contribution in [2.75, 3.05) is 5.32 Å². The number of aryl methyl sites for hydroxylation is 2. The van der Waals surface area contributed by atoms with E-state index in [-0.39, 0.29) is 5.56 Å². The van der Waals surface area contributed by atoms with Crippen molar-refractivity contribution in [1.82, 2.24) is 4.98 Å². The Morgan fingerprint density at radius 1 is 1.11 bits per heavy atom. The number of alkyl halides is 3. The number of thiazole rings is 1. The Hall–Kier alpha value is -2.38. The Kier molecular flexibility index (Phi) is 5.26. The van der Waals surface area contributed by atoms with Crippen LogP contribution in [0.15, 0.2) is 42.5 Å². The highest BCUT2D eigenvalue weighted by molar-refractivity contribution is 7.16. The lowest BCUT2D eigenvalue weighted by atomic mass is 10.1. The Labute approximate surface area is 162 Å². The highest BCUT2D eigenvalue weighted by Gasteiger charge is 2.30. The molecule has 3 rings (SSSR count). The number of anilines is 1. The average molecular weight is 411 g/mol. The van der Waals surface area contributed by atoms with Crippen molar-refractivity contribution in [3.8, 4) is 11.3 Å². The normalized spacial score (nSPS) is 11.5. The SMILES string of the molecule is Cc1ccc(-c2nc(NC(=O)c3ccc(C(F)(F)F)cc3)sc2C)cc1Cl. The first-order chi connectivity index (χ1) is 12.6. The number of hydrogen-bond acceptors (Lipinski definition) is 3. The average Bonchev–Trinajstić information content (AvgIpc) is 2.97. The standard InChI is InChI=1S/C19H14ClF3N2OS/c1-10-3-4-13(9-15(10)20)16-11(2)27-18(24-16)25-17(26)12-5-7-14(8-6-12)19(21,22)23/h3-9H,1-2H3,(H,24,25,26). The second-order valence-electron chi connectivity index (χ2n) is 5.92. The molecule has 8 heteroatoms. The predicted octanol–water partition coefficient (Wildman–Crippen LogP) is 6.35. The van der Waals surface area contributed by atoms with E-state index in [9.17, 15) is 18.0 Å². The molecule has 1 heterocycles. The van der Waals surface area contributed by atoms with Crippen LogP contribution in [-0.2, 0) is 6.18 Å². The van der Waals surface area contributed by atoms with Crippen LogP contribution in [0.2, 0.25) is 5.02 Å². The van der Waals surface area contributed by atoms with Crippen molar-refractivity contribution in [3.63, 3.8) is 0 Å². The molecule has 140 valence electrons. The quantitative estimate of drug-likeness (QED) is 0.546. The maximum atomic E-state index is 12.6. The van der Waals surface area contributed by atoms with Crippen LogP contribution < -0.4 is 5.32 Å². The number of nitrogens with zero attached hydrogens (tertiary/aromatic N) is 1. The molecule has 0 unspecified atom stereocenters. The van der Waals surface area contributed by atoms with Crippen LogP contribution in [0.3, 0.4) is 0 Å². The fraction of sp³-hybridized carbons (Fsp3) is 0.158. The van der Waals surface area contributed by atoms with Gasteiger partial charge in [0.05, 0.1) is 11.3 Å². The molecule has 2 aromatic carbocycles. The lowest BCUT2D eigenvalue weighted by Crippen LogP contribution is -2.12. The zero-order valence-electron chi connectivity index (χ0n) is 14.3. The summed E-state index contributed by atoms with van der Waals surface area (Å²) in [5, 5.41) is 3.61. The zero-order chi connectivity index (χ0) is 19.8. The lowest BCUT2D eigenvalue weighted by molar-refractivity contribution is -0.137. The van der Waals surface area contributed by atoms with Gasteiger partial charge in [0.15, 0.2) is 5.13 Å². The van der Waals surface area contributed by atoms with Gasteiger partial charge in [0.25, 0.3) is 5.91 Å². The Balaban J connectivity index is 1.80. The Morgan fingerprint density at radius 2 is 1.78 bits per heavy atom. The monoisotopic (exact) mass is 410 g/mol. The molecule has 1 amide bonds. The summed E-state index contributed by atoms with van der Waals surface area (Å²) in [7, 11) is 0. The highest BCUT2D eigenvalue weighted by atomic mass is 35.5. The van der Waals surface area contributed by atoms with E-state index in [1.165, 1.54) is 11.3 Å². The van der Waals surface area contributed by atoms with Crippen molar-refractivity contribution in [2.24, 2.45) is 0 Å². The van der Waals surface area contributed by atoms with Gasteiger partial charge in [0, 0.05) is 21.0 Å². The minimum absolute atomic E-state index is 0.121. The summed E-state index contributed by atoms with van der Waals surface area (Å²) in [6.07, 6.45) is -4.44. The Bertz CT molecular complexity index is 997. The molecule has 0 aliphatic carbocycles. The predicted molar refractivity (Wildman–Crippen MR) is 101 cm³/mol. The third-order valence-electron chi connectivity index (χ3n) is 3.94. The van der Waals surface area contributed by atoms with E-state index in [1.54, 1.807) is 6.07 Å². The van der Waals surface area contributed by atoms with Crippen molar-refractivity contribution < 1.29 is 18.0 Å². The first-order valence-corrected chi connectivity index (χ1v) is 9.07. The molecule has 0 bridgehead atoms. The number of amides is 1. The van der Waals surface area contributed by atoms with Gasteiger partial charge in [-0.05, 0) is 49.7 Å². The van der Waals surface area contributed by atoms with Gasteiger partial charge in [-0.2, -0.15) is 13.2 Å². The lowest BCUT2D eigenvalue weighted by Gasteiger charge is -2.07. The van der Waals surface area contributed by atoms with Crippen LogP contribution in [-0.4, -0.2) is 10.9 Å². The number of hydrogen-bond donors (Lipinski definition) is 1. The van der Waals surface area contributed by atoms with Gasteiger partial charge in [0.2, 0.25) is 0 Å². The summed E-state index contributed by atoms with van der Waals surface area (Å²) in [6, 6.07) is 9.62. The second kappa shape index (κ2) is 7.32. The van der Waals surface area contributed by atoms with Gasteiger partial charge in [-0.15, -0.1) is 11.3 Å². The molecule has 0 fully saturated rings. The van der Waals surface area contributed by atoms with E-state index in [2.05, 4.69) is 10.3 Å². The number of carbonyl (C=O) groups excluding carboxylic acids is 1. The van der Waals surface area contributed by atoms with Crippen molar-refractivity contribution in [2.45, 2.75) is 20.0 Å². The molecule has 3 aromatic rings. The third-order valence-corrected chi connectivity index (χ3v) is 5.23. The maximum Gasteiger partial charge on any atom is 0.416 e. The number of rotatable bonds is 3. The molecule has 27 heavy (non-hydrogen) atoms. The molecule has 0 saturated heterocycles. The fourth-order valence-electron chi connectivity index (χ4n) is 2.44. The van der Waals surface area contributed by atoms with Crippen LogP contribution in [0.1, 0.15) is 26.4 Å². The molecule has 1 N–H and O–H groups in total. The second-order valence-corrected chi connectivity index (χ2v) is 7.53. The summed E-state index contributed by atoms with van der Waals surface area (Å²) in [5.74, 6) is -0.522. The number of benzene rings is 2. The van der Waals surface area contributed by atoms with Crippen LogP contribution >= 0.6 is 22.9 Å². The first kappa shape index (κ1) is 19.4. The topological polar surface area (TPSA) is 42.0 Å². The smallest absolute Gasteiger partial charge is 0.298 e. The van der Waals surface area contributed by atoms with Gasteiger partial charge in [-0.3, -0.25) is 10.1 Å². The van der Waals surface area contributed by atoms with E-state index >= 15 is 0 Å². The van der Waals surface area contributed by atoms with Crippen molar-refractivity contribution in [1.29, 1.82) is 0 Å². The molecule has 0 spiro atoms. The summed E-state index contributed by atoms with van der Waals surface area (Å²) in [5.41, 5.74) is 1.79. The molecule has 0 aliphatic rings. The van der Waals surface area contributed by atoms with Crippen LogP contribution in [0.5, 0.6) is 0 Å². The van der Waals surface area contributed by atoms with E-state index in [0.29, 0.717) is 15.8 Å². The molecule has 0 saturated carbocycles. The van der Waals surface area contributed by atoms with E-state index < -0.39 is 17.6 Å². The fourth-order valence-corrected chi connectivity index (χ4v) is 3.45. The van der Waals surface area contributed by atoms with E-state index in [0.717, 1.165) is 40.3 Å². The molecular formula is C19H14ClF3N2OS. The summed E-state index contributed by atoms with van der Waals surface area (Å²) < 4.78 is 37.8. The minimum Gasteiger partial charge on any atom is -0.298 e. The van der Waals surface area contributed by atoms with Crippen molar-refractivity contribution in [3.05, 3.63) is 69.1 Å². The third kappa shape index (κ3) is 4.31. The number of carbonyl (C=O) groups is 1. The summed E-state index contributed by atoms with van der Waals surface area (Å²) in [4.78, 5) is 17.6. The van der Waals surface area contributed by atoms with Gasteiger partial charge in [0.1, 0.15) is 0 Å². The van der Waals surface area contributed by atoms with E-state index in [1.807, 2.05) is 26.0 Å². The Morgan fingerprint density at radius 3 is 2.37 bits per heavy atom. The van der Waals surface area contributed by atoms with Crippen LogP contribution in [0, 0.1) is 13.8 Å². The minimum atomic E-state index is -4.44. The van der Waals surface area contributed by atoms with Gasteiger partial charge >= 0.3 is 6.18 Å². The van der Waals surface area contributed by atoms with Gasteiger partial charge < -0.3 is 0 Å². The van der Waals surface area contributed by atoms with E-state index in [4.69, 9.17) is 11.6 Å². The molecular weight excluding hydrogens is 397 g/mol. The number of nitrogens with one attached hydrogen (secondary N) is 1. The van der Waals surface area contributed by atoms with Crippen LogP contribution in [0.25, 0.3) is 11.3 Å². The molecule has 0 atom stereocenters. The van der Waals surface area contributed by atoms with Gasteiger partial charge in [-0.25, -0.2) is 4.98 Å². The number of halogens is 4. The summed E-state index contributed by atoms with van der Waals surface area (Å²) in [6.45, 7) is 3.77. The summed E-state index contributed by atoms with van der Waals surface area (Å²) >= 11 is 7.44. The largest absolute Gasteiger partial charge is 0.416 e. The zero-order valence-corrected chi connectivity index (χ0v) is 15.9. The molecule has 0 aliphatic heterocycles. The van der Waals surface area contributed by atoms with Crippen LogP contribution in [0.4, 0.5) is 18.3 Å². The van der Waals surface area contributed by atoms with Gasteiger partial charge in [-0.1, -0.05) is 23.7 Å². The molecule has 3 nitrogen and oxygen atoms in total. The maximum absolute atomic E-state index is 12.6. The molecule has 1 aromatic heterocycles. The molecule has 0 radical (unpaired) electrons. The van der Waals surface area contributed by atoms with Crippen molar-refractivity contribution >= 4 is 34.0 Å².